The van der Waals surface area contributed by atoms with Crippen molar-refractivity contribution in [2.75, 3.05) is 6.54 Å². The lowest BCUT2D eigenvalue weighted by molar-refractivity contribution is -0.143. The van der Waals surface area contributed by atoms with Crippen molar-refractivity contribution < 1.29 is 14.7 Å². The van der Waals surface area contributed by atoms with Gasteiger partial charge in [0.2, 0.25) is 5.91 Å². The summed E-state index contributed by atoms with van der Waals surface area (Å²) in [5.41, 5.74) is 0.896. The second-order valence-electron chi connectivity index (χ2n) is 4.82. The molecule has 0 aliphatic heterocycles. The highest BCUT2D eigenvalue weighted by Crippen LogP contribution is 2.13. The Hall–Kier alpha value is -1.62. The summed E-state index contributed by atoms with van der Waals surface area (Å²) in [6.45, 7) is 3.78. The number of rotatable bonds is 6. The van der Waals surface area contributed by atoms with E-state index in [1.807, 2.05) is 38.1 Å². The molecule has 0 aliphatic rings. The van der Waals surface area contributed by atoms with E-state index in [1.54, 1.807) is 6.08 Å². The fourth-order valence-electron chi connectivity index (χ4n) is 1.66. The summed E-state index contributed by atoms with van der Waals surface area (Å²) >= 11 is 3.35. The number of nitrogens with one attached hydrogen (secondary N) is 1. The van der Waals surface area contributed by atoms with Gasteiger partial charge in [0.1, 0.15) is 0 Å². The van der Waals surface area contributed by atoms with Gasteiger partial charge in [-0.25, -0.2) is 0 Å². The molecule has 0 radical (unpaired) electrons. The summed E-state index contributed by atoms with van der Waals surface area (Å²) in [4.78, 5) is 22.6. The fraction of sp³-hybridized carbons (Fsp3) is 0.333. The Morgan fingerprint density at radius 1 is 1.40 bits per heavy atom. The van der Waals surface area contributed by atoms with Crippen molar-refractivity contribution in [1.82, 2.24) is 5.32 Å². The summed E-state index contributed by atoms with van der Waals surface area (Å²) in [5.74, 6) is -1.78. The molecular weight excluding hydrogens is 322 g/mol. The van der Waals surface area contributed by atoms with E-state index in [0.717, 1.165) is 10.0 Å². The molecule has 4 nitrogen and oxygen atoms in total. The first-order valence-electron chi connectivity index (χ1n) is 6.34. The molecule has 20 heavy (non-hydrogen) atoms. The molecule has 0 saturated heterocycles. The van der Waals surface area contributed by atoms with Crippen molar-refractivity contribution in [3.05, 3.63) is 40.4 Å². The third-order valence-corrected chi connectivity index (χ3v) is 3.39. The molecule has 1 aromatic carbocycles. The molecule has 1 unspecified atom stereocenters. The lowest BCUT2D eigenvalue weighted by Gasteiger charge is -2.15. The third kappa shape index (κ3) is 5.57. The number of hydrogen-bond acceptors (Lipinski definition) is 2. The second kappa shape index (κ2) is 7.85. The minimum Gasteiger partial charge on any atom is -0.481 e. The van der Waals surface area contributed by atoms with Crippen LogP contribution in [0.5, 0.6) is 0 Å². The summed E-state index contributed by atoms with van der Waals surface area (Å²) in [6.07, 6.45) is 3.09. The van der Waals surface area contributed by atoms with Gasteiger partial charge in [-0.05, 0) is 29.7 Å². The molecule has 0 spiro atoms. The van der Waals surface area contributed by atoms with Gasteiger partial charge in [-0.15, -0.1) is 0 Å². The van der Waals surface area contributed by atoms with E-state index in [-0.39, 0.29) is 18.4 Å². The smallest absolute Gasteiger partial charge is 0.308 e. The van der Waals surface area contributed by atoms with Crippen LogP contribution < -0.4 is 5.32 Å². The van der Waals surface area contributed by atoms with E-state index >= 15 is 0 Å². The predicted octanol–water partition coefficient (Wildman–Crippen LogP) is 2.94. The van der Waals surface area contributed by atoms with E-state index in [1.165, 1.54) is 6.08 Å². The Labute approximate surface area is 127 Å². The number of halogens is 1. The largest absolute Gasteiger partial charge is 0.481 e. The summed E-state index contributed by atoms with van der Waals surface area (Å²) in [6, 6.07) is 7.54. The lowest BCUT2D eigenvalue weighted by atomic mass is 9.96. The lowest BCUT2D eigenvalue weighted by Crippen LogP contribution is -2.34. The summed E-state index contributed by atoms with van der Waals surface area (Å²) < 4.78 is 0.936. The van der Waals surface area contributed by atoms with Crippen LogP contribution in [0.4, 0.5) is 0 Å². The van der Waals surface area contributed by atoms with Gasteiger partial charge in [0, 0.05) is 17.1 Å². The zero-order valence-corrected chi connectivity index (χ0v) is 13.1. The van der Waals surface area contributed by atoms with Crippen LogP contribution in [0.3, 0.4) is 0 Å². The first-order valence-corrected chi connectivity index (χ1v) is 7.13. The number of aliphatic carboxylic acids is 1. The number of benzene rings is 1. The van der Waals surface area contributed by atoms with Crippen LogP contribution in [0.15, 0.2) is 34.8 Å². The quantitative estimate of drug-likeness (QED) is 0.783. The van der Waals surface area contributed by atoms with Crippen LogP contribution in [0.25, 0.3) is 6.08 Å². The Morgan fingerprint density at radius 2 is 2.10 bits per heavy atom. The Morgan fingerprint density at radius 3 is 2.65 bits per heavy atom. The molecule has 0 heterocycles. The van der Waals surface area contributed by atoms with Gasteiger partial charge in [-0.3, -0.25) is 9.59 Å². The van der Waals surface area contributed by atoms with Gasteiger partial charge >= 0.3 is 5.97 Å². The molecule has 5 heteroatoms. The fourth-order valence-corrected chi connectivity index (χ4v) is 2.08. The molecule has 0 aliphatic carbocycles. The number of carbonyl (C=O) groups excluding carboxylic acids is 1. The minimum atomic E-state index is -0.892. The molecule has 1 atom stereocenters. The van der Waals surface area contributed by atoms with Crippen molar-refractivity contribution in [2.24, 2.45) is 11.8 Å². The van der Waals surface area contributed by atoms with Gasteiger partial charge in [0.05, 0.1) is 5.92 Å². The molecular formula is C15H18BrNO3. The van der Waals surface area contributed by atoms with Gasteiger partial charge in [-0.2, -0.15) is 0 Å². The number of hydrogen-bond donors (Lipinski definition) is 2. The predicted molar refractivity (Wildman–Crippen MR) is 82.1 cm³/mol. The van der Waals surface area contributed by atoms with Crippen molar-refractivity contribution in [3.8, 4) is 0 Å². The highest BCUT2D eigenvalue weighted by atomic mass is 79.9. The van der Waals surface area contributed by atoms with E-state index in [2.05, 4.69) is 21.2 Å². The van der Waals surface area contributed by atoms with Crippen LogP contribution in [0.2, 0.25) is 0 Å². The van der Waals surface area contributed by atoms with Gasteiger partial charge in [0.15, 0.2) is 0 Å². The monoisotopic (exact) mass is 339 g/mol. The maximum Gasteiger partial charge on any atom is 0.308 e. The topological polar surface area (TPSA) is 66.4 Å². The Kier molecular flexibility index (Phi) is 6.45. The zero-order valence-electron chi connectivity index (χ0n) is 11.5. The van der Waals surface area contributed by atoms with Crippen LogP contribution in [0.1, 0.15) is 19.4 Å². The van der Waals surface area contributed by atoms with Crippen molar-refractivity contribution >= 4 is 33.9 Å². The van der Waals surface area contributed by atoms with E-state index in [9.17, 15) is 9.59 Å². The molecule has 1 aromatic rings. The minimum absolute atomic E-state index is 0.0261. The number of amides is 1. The Balaban J connectivity index is 2.53. The Bertz CT molecular complexity index is 512. The van der Waals surface area contributed by atoms with Gasteiger partial charge in [0.25, 0.3) is 0 Å². The summed E-state index contributed by atoms with van der Waals surface area (Å²) in [5, 5.41) is 11.6. The SMILES string of the molecule is CC(C)C(CNC(=O)C=Cc1cccc(Br)c1)C(=O)O. The second-order valence-corrected chi connectivity index (χ2v) is 5.74. The van der Waals surface area contributed by atoms with Gasteiger partial charge in [-0.1, -0.05) is 41.9 Å². The number of carbonyl (C=O) groups is 2. The first kappa shape index (κ1) is 16.4. The molecule has 0 aromatic heterocycles. The third-order valence-electron chi connectivity index (χ3n) is 2.89. The van der Waals surface area contributed by atoms with Gasteiger partial charge < -0.3 is 10.4 Å². The van der Waals surface area contributed by atoms with Crippen LogP contribution in [0, 0.1) is 11.8 Å². The molecule has 0 fully saturated rings. The number of carboxylic acids is 1. The molecule has 108 valence electrons. The molecule has 2 N–H and O–H groups in total. The van der Waals surface area contributed by atoms with Crippen LogP contribution >= 0.6 is 15.9 Å². The highest BCUT2D eigenvalue weighted by Gasteiger charge is 2.21. The maximum absolute atomic E-state index is 11.6. The van der Waals surface area contributed by atoms with Crippen LogP contribution in [-0.2, 0) is 9.59 Å². The number of carboxylic acid groups (broad SMARTS) is 1. The molecule has 0 bridgehead atoms. The van der Waals surface area contributed by atoms with Crippen LogP contribution in [-0.4, -0.2) is 23.5 Å². The zero-order chi connectivity index (χ0) is 15.1. The van der Waals surface area contributed by atoms with E-state index in [0.29, 0.717) is 0 Å². The molecule has 1 rings (SSSR count). The van der Waals surface area contributed by atoms with Crippen molar-refractivity contribution in [1.29, 1.82) is 0 Å². The van der Waals surface area contributed by atoms with E-state index < -0.39 is 11.9 Å². The molecule has 1 amide bonds. The average molecular weight is 340 g/mol. The first-order chi connectivity index (χ1) is 9.40. The van der Waals surface area contributed by atoms with E-state index in [4.69, 9.17) is 5.11 Å². The average Bonchev–Trinajstić information content (AvgIpc) is 2.35. The highest BCUT2D eigenvalue weighted by molar-refractivity contribution is 9.10. The summed E-state index contributed by atoms with van der Waals surface area (Å²) in [7, 11) is 0. The van der Waals surface area contributed by atoms with Crippen molar-refractivity contribution in [2.45, 2.75) is 13.8 Å². The normalized spacial score (nSPS) is 12.6. The molecule has 0 saturated carbocycles. The van der Waals surface area contributed by atoms with Crippen molar-refractivity contribution in [3.63, 3.8) is 0 Å². The standard InChI is InChI=1S/C15H18BrNO3/c1-10(2)13(15(19)20)9-17-14(18)7-6-11-4-3-5-12(16)8-11/h3-8,10,13H,9H2,1-2H3,(H,17,18)(H,19,20). The maximum atomic E-state index is 11.6.